The molecule has 2 unspecified atom stereocenters. The van der Waals surface area contributed by atoms with Crippen molar-refractivity contribution in [3.8, 4) is 0 Å². The van der Waals surface area contributed by atoms with Gasteiger partial charge in [-0.1, -0.05) is 19.3 Å². The van der Waals surface area contributed by atoms with E-state index >= 15 is 0 Å². The average molecular weight is 277 g/mol. The zero-order chi connectivity index (χ0) is 14.7. The van der Waals surface area contributed by atoms with Gasteiger partial charge in [0.25, 0.3) is 5.56 Å². The van der Waals surface area contributed by atoms with E-state index in [1.54, 1.807) is 0 Å². The van der Waals surface area contributed by atoms with E-state index in [2.05, 4.69) is 29.1 Å². The van der Waals surface area contributed by atoms with Crippen molar-refractivity contribution in [1.82, 2.24) is 15.3 Å². The highest BCUT2D eigenvalue weighted by atomic mass is 16.1. The third-order valence-corrected chi connectivity index (χ3v) is 4.57. The van der Waals surface area contributed by atoms with Gasteiger partial charge in [0, 0.05) is 17.8 Å². The predicted molar refractivity (Wildman–Crippen MR) is 81.9 cm³/mol. The van der Waals surface area contributed by atoms with Gasteiger partial charge in [-0.05, 0) is 46.5 Å². The first kappa shape index (κ1) is 15.2. The highest BCUT2D eigenvalue weighted by Gasteiger charge is 2.23. The summed E-state index contributed by atoms with van der Waals surface area (Å²) in [6, 6.07) is 0.495. The van der Waals surface area contributed by atoms with Crippen LogP contribution in [0.1, 0.15) is 69.1 Å². The first-order chi connectivity index (χ1) is 9.49. The normalized spacial score (nSPS) is 19.8. The molecule has 1 aliphatic carbocycles. The van der Waals surface area contributed by atoms with E-state index in [1.165, 1.54) is 32.1 Å². The fourth-order valence-corrected chi connectivity index (χ4v) is 3.49. The van der Waals surface area contributed by atoms with Crippen LogP contribution in [0.5, 0.6) is 0 Å². The third kappa shape index (κ3) is 3.48. The van der Waals surface area contributed by atoms with Gasteiger partial charge >= 0.3 is 0 Å². The number of nitrogens with zero attached hydrogens (tertiary/aromatic N) is 1. The Bertz CT molecular complexity index is 503. The minimum Gasteiger partial charge on any atom is -0.310 e. The number of aromatic amines is 1. The highest BCUT2D eigenvalue weighted by molar-refractivity contribution is 5.20. The van der Waals surface area contributed by atoms with Crippen molar-refractivity contribution in [1.29, 1.82) is 0 Å². The lowest BCUT2D eigenvalue weighted by atomic mass is 9.84. The molecule has 2 N–H and O–H groups in total. The Balaban J connectivity index is 2.08. The first-order valence-electron chi connectivity index (χ1n) is 7.82. The van der Waals surface area contributed by atoms with Gasteiger partial charge in [-0.3, -0.25) is 4.79 Å². The molecule has 2 atom stereocenters. The van der Waals surface area contributed by atoms with Crippen LogP contribution in [0.4, 0.5) is 0 Å². The van der Waals surface area contributed by atoms with Crippen LogP contribution in [0.15, 0.2) is 4.79 Å². The Kier molecular flexibility index (Phi) is 4.97. The van der Waals surface area contributed by atoms with Crippen LogP contribution in [0.3, 0.4) is 0 Å². The Morgan fingerprint density at radius 3 is 2.45 bits per heavy atom. The quantitative estimate of drug-likeness (QED) is 0.889. The van der Waals surface area contributed by atoms with Crippen molar-refractivity contribution >= 4 is 0 Å². The topological polar surface area (TPSA) is 57.8 Å². The monoisotopic (exact) mass is 277 g/mol. The largest absolute Gasteiger partial charge is 0.310 e. The van der Waals surface area contributed by atoms with E-state index in [0.717, 1.165) is 17.2 Å². The van der Waals surface area contributed by atoms with E-state index < -0.39 is 0 Å². The molecule has 112 valence electrons. The number of aromatic nitrogens is 2. The second-order valence-electron chi connectivity index (χ2n) is 6.23. The zero-order valence-corrected chi connectivity index (χ0v) is 13.1. The molecule has 0 aliphatic heterocycles. The van der Waals surface area contributed by atoms with Crippen molar-refractivity contribution in [2.75, 3.05) is 0 Å². The summed E-state index contributed by atoms with van der Waals surface area (Å²) in [5, 5.41) is 3.61. The molecule has 0 saturated heterocycles. The molecule has 1 aromatic heterocycles. The first-order valence-corrected chi connectivity index (χ1v) is 7.82. The van der Waals surface area contributed by atoms with Crippen LogP contribution in [-0.2, 0) is 0 Å². The molecule has 1 saturated carbocycles. The summed E-state index contributed by atoms with van der Waals surface area (Å²) in [5.74, 6) is 1.42. The summed E-state index contributed by atoms with van der Waals surface area (Å²) >= 11 is 0. The predicted octanol–water partition coefficient (Wildman–Crippen LogP) is 3.01. The Hall–Kier alpha value is -1.16. The average Bonchev–Trinajstić information content (AvgIpc) is 2.38. The number of rotatable bonds is 4. The molecule has 4 heteroatoms. The number of hydrogen-bond donors (Lipinski definition) is 2. The van der Waals surface area contributed by atoms with Gasteiger partial charge in [-0.2, -0.15) is 0 Å². The maximum Gasteiger partial charge on any atom is 0.255 e. The minimum absolute atomic E-state index is 0.00848. The number of H-pyrrole nitrogens is 1. The van der Waals surface area contributed by atoms with E-state index in [9.17, 15) is 4.79 Å². The van der Waals surface area contributed by atoms with E-state index in [0.29, 0.717) is 11.9 Å². The smallest absolute Gasteiger partial charge is 0.255 e. The highest BCUT2D eigenvalue weighted by Crippen LogP contribution is 2.27. The summed E-state index contributed by atoms with van der Waals surface area (Å²) < 4.78 is 0. The van der Waals surface area contributed by atoms with Gasteiger partial charge in [-0.15, -0.1) is 0 Å². The molecule has 1 heterocycles. The summed E-state index contributed by atoms with van der Waals surface area (Å²) in [4.78, 5) is 19.3. The van der Waals surface area contributed by atoms with E-state index in [-0.39, 0.29) is 11.6 Å². The maximum atomic E-state index is 12.1. The summed E-state index contributed by atoms with van der Waals surface area (Å²) in [5.41, 5.74) is 1.60. The van der Waals surface area contributed by atoms with Crippen molar-refractivity contribution in [2.24, 2.45) is 5.92 Å². The SMILES string of the molecule is Cc1nc(C)c(C(C)NC(C)C2CCCCC2)c(=O)[nH]1. The van der Waals surface area contributed by atoms with Gasteiger partial charge in [0.05, 0.1) is 5.56 Å². The van der Waals surface area contributed by atoms with Crippen molar-refractivity contribution in [3.63, 3.8) is 0 Å². The molecular weight excluding hydrogens is 250 g/mol. The Morgan fingerprint density at radius 1 is 1.20 bits per heavy atom. The molecule has 2 rings (SSSR count). The lowest BCUT2D eigenvalue weighted by Crippen LogP contribution is -2.38. The molecule has 4 nitrogen and oxygen atoms in total. The van der Waals surface area contributed by atoms with E-state index in [1.807, 2.05) is 13.8 Å². The summed E-state index contributed by atoms with van der Waals surface area (Å²) in [6.45, 7) is 8.05. The molecule has 0 bridgehead atoms. The van der Waals surface area contributed by atoms with Gasteiger partial charge in [0.2, 0.25) is 0 Å². The van der Waals surface area contributed by atoms with Gasteiger partial charge in [-0.25, -0.2) is 4.98 Å². The molecule has 1 aromatic rings. The van der Waals surface area contributed by atoms with Crippen LogP contribution in [0.2, 0.25) is 0 Å². The molecule has 1 aliphatic rings. The van der Waals surface area contributed by atoms with Crippen molar-refractivity contribution < 1.29 is 0 Å². The fraction of sp³-hybridized carbons (Fsp3) is 0.750. The molecule has 0 amide bonds. The Labute approximate surface area is 121 Å². The number of hydrogen-bond acceptors (Lipinski definition) is 3. The van der Waals surface area contributed by atoms with Gasteiger partial charge in [0.1, 0.15) is 5.82 Å². The van der Waals surface area contributed by atoms with Crippen molar-refractivity contribution in [2.45, 2.75) is 71.9 Å². The molecule has 1 fully saturated rings. The molecule has 0 radical (unpaired) electrons. The number of aryl methyl sites for hydroxylation is 2. The van der Waals surface area contributed by atoms with Crippen LogP contribution < -0.4 is 10.9 Å². The summed E-state index contributed by atoms with van der Waals surface area (Å²) in [6.07, 6.45) is 6.68. The number of nitrogens with one attached hydrogen (secondary N) is 2. The standard InChI is InChI=1S/C16H27N3O/c1-10(14-8-6-5-7-9-14)17-11(2)15-12(3)18-13(4)19-16(15)20/h10-11,14,17H,5-9H2,1-4H3,(H,18,19,20). The van der Waals surface area contributed by atoms with Crippen LogP contribution in [0, 0.1) is 19.8 Å². The van der Waals surface area contributed by atoms with E-state index in [4.69, 9.17) is 0 Å². The van der Waals surface area contributed by atoms with Gasteiger partial charge in [0.15, 0.2) is 0 Å². The second kappa shape index (κ2) is 6.53. The fourth-order valence-electron chi connectivity index (χ4n) is 3.49. The lowest BCUT2D eigenvalue weighted by molar-refractivity contribution is 0.267. The molecule has 20 heavy (non-hydrogen) atoms. The lowest BCUT2D eigenvalue weighted by Gasteiger charge is -2.30. The molecular formula is C16H27N3O. The maximum absolute atomic E-state index is 12.1. The zero-order valence-electron chi connectivity index (χ0n) is 13.1. The van der Waals surface area contributed by atoms with Crippen LogP contribution >= 0.6 is 0 Å². The van der Waals surface area contributed by atoms with Crippen LogP contribution in [-0.4, -0.2) is 16.0 Å². The van der Waals surface area contributed by atoms with Gasteiger partial charge < -0.3 is 10.3 Å². The van der Waals surface area contributed by atoms with Crippen LogP contribution in [0.25, 0.3) is 0 Å². The summed E-state index contributed by atoms with van der Waals surface area (Å²) in [7, 11) is 0. The second-order valence-corrected chi connectivity index (χ2v) is 6.23. The molecule has 0 aromatic carbocycles. The third-order valence-electron chi connectivity index (χ3n) is 4.57. The minimum atomic E-state index is -0.00848. The van der Waals surface area contributed by atoms with Crippen molar-refractivity contribution in [3.05, 3.63) is 27.4 Å². The molecule has 0 spiro atoms. The Morgan fingerprint density at radius 2 is 1.85 bits per heavy atom.